The first kappa shape index (κ1) is 13.3. The van der Waals surface area contributed by atoms with E-state index in [2.05, 4.69) is 15.3 Å². The minimum atomic E-state index is -0.338. The maximum absolute atomic E-state index is 11.7. The Morgan fingerprint density at radius 2 is 2.26 bits per heavy atom. The van der Waals surface area contributed by atoms with E-state index < -0.39 is 0 Å². The number of carbonyl (C=O) groups is 1. The first-order chi connectivity index (χ1) is 9.15. The van der Waals surface area contributed by atoms with E-state index in [4.69, 9.17) is 11.6 Å². The minimum absolute atomic E-state index is 0.186. The van der Waals surface area contributed by atoms with Crippen molar-refractivity contribution in [1.29, 1.82) is 0 Å². The number of amides is 1. The Bertz CT molecular complexity index is 619. The van der Waals surface area contributed by atoms with Gasteiger partial charge in [0.05, 0.1) is 6.20 Å². The monoisotopic (exact) mass is 277 g/mol. The molecule has 19 heavy (non-hydrogen) atoms. The van der Waals surface area contributed by atoms with Gasteiger partial charge in [-0.3, -0.25) is 9.59 Å². The van der Waals surface area contributed by atoms with E-state index in [9.17, 15) is 9.59 Å². The average Bonchev–Trinajstić information content (AvgIpc) is 2.39. The van der Waals surface area contributed by atoms with Crippen LogP contribution in [-0.2, 0) is 6.42 Å². The van der Waals surface area contributed by atoms with Crippen LogP contribution in [0.25, 0.3) is 0 Å². The fourth-order valence-corrected chi connectivity index (χ4v) is 1.78. The van der Waals surface area contributed by atoms with Crippen LogP contribution in [0.4, 0.5) is 0 Å². The van der Waals surface area contributed by atoms with Crippen molar-refractivity contribution in [1.82, 2.24) is 15.3 Å². The van der Waals surface area contributed by atoms with Gasteiger partial charge < -0.3 is 10.3 Å². The molecular formula is C13H12ClN3O2. The molecule has 0 radical (unpaired) electrons. The molecule has 5 nitrogen and oxygen atoms in total. The molecule has 1 aromatic carbocycles. The maximum Gasteiger partial charge on any atom is 0.271 e. The molecule has 0 saturated carbocycles. The number of aromatic amines is 1. The van der Waals surface area contributed by atoms with Crippen LogP contribution in [0.15, 0.2) is 41.5 Å². The number of benzene rings is 1. The second-order valence-corrected chi connectivity index (χ2v) is 4.37. The van der Waals surface area contributed by atoms with E-state index in [1.165, 1.54) is 6.20 Å². The fraction of sp³-hybridized carbons (Fsp3) is 0.154. The van der Waals surface area contributed by atoms with Crippen LogP contribution in [-0.4, -0.2) is 22.4 Å². The lowest BCUT2D eigenvalue weighted by Gasteiger charge is -2.04. The second kappa shape index (κ2) is 6.15. The number of nitrogens with one attached hydrogen (secondary N) is 2. The van der Waals surface area contributed by atoms with Crippen molar-refractivity contribution in [3.05, 3.63) is 63.3 Å². The molecule has 0 aliphatic rings. The third kappa shape index (κ3) is 3.93. The Hall–Kier alpha value is -2.14. The van der Waals surface area contributed by atoms with Crippen molar-refractivity contribution >= 4 is 17.5 Å². The number of nitrogens with zero attached hydrogens (tertiary/aromatic N) is 1. The summed E-state index contributed by atoms with van der Waals surface area (Å²) in [7, 11) is 0. The topological polar surface area (TPSA) is 74.8 Å². The zero-order chi connectivity index (χ0) is 13.7. The lowest BCUT2D eigenvalue weighted by molar-refractivity contribution is 0.0948. The van der Waals surface area contributed by atoms with Crippen LogP contribution < -0.4 is 10.9 Å². The highest BCUT2D eigenvalue weighted by atomic mass is 35.5. The van der Waals surface area contributed by atoms with Crippen LogP contribution in [0.2, 0.25) is 5.02 Å². The molecular weight excluding hydrogens is 266 g/mol. The van der Waals surface area contributed by atoms with Crippen LogP contribution >= 0.6 is 11.6 Å². The van der Waals surface area contributed by atoms with Gasteiger partial charge in [-0.2, -0.15) is 0 Å². The van der Waals surface area contributed by atoms with Gasteiger partial charge in [0.2, 0.25) is 0 Å². The van der Waals surface area contributed by atoms with Crippen molar-refractivity contribution in [2.45, 2.75) is 6.42 Å². The molecule has 2 aromatic rings. The van der Waals surface area contributed by atoms with Gasteiger partial charge in [-0.1, -0.05) is 23.7 Å². The Balaban J connectivity index is 1.87. The van der Waals surface area contributed by atoms with E-state index in [1.807, 2.05) is 18.2 Å². The number of carbonyl (C=O) groups excluding carboxylic acids is 1. The van der Waals surface area contributed by atoms with E-state index >= 15 is 0 Å². The highest BCUT2D eigenvalue weighted by molar-refractivity contribution is 6.30. The zero-order valence-electron chi connectivity index (χ0n) is 10.0. The summed E-state index contributed by atoms with van der Waals surface area (Å²) in [6.45, 7) is 0.472. The predicted molar refractivity (Wildman–Crippen MR) is 72.3 cm³/mol. The second-order valence-electron chi connectivity index (χ2n) is 3.93. The molecule has 0 aliphatic carbocycles. The van der Waals surface area contributed by atoms with Gasteiger partial charge in [0, 0.05) is 17.8 Å². The first-order valence-corrected chi connectivity index (χ1v) is 6.10. The SMILES string of the molecule is O=C(NCCc1cccc(Cl)c1)c1c[nH]c(=O)cn1. The van der Waals surface area contributed by atoms with E-state index in [0.29, 0.717) is 18.0 Å². The van der Waals surface area contributed by atoms with E-state index in [0.717, 1.165) is 11.8 Å². The molecule has 2 N–H and O–H groups in total. The Kier molecular flexibility index (Phi) is 4.30. The summed E-state index contributed by atoms with van der Waals surface area (Å²) in [5, 5.41) is 3.39. The highest BCUT2D eigenvalue weighted by Crippen LogP contribution is 2.10. The number of hydrogen-bond donors (Lipinski definition) is 2. The van der Waals surface area contributed by atoms with Crippen molar-refractivity contribution < 1.29 is 4.79 Å². The van der Waals surface area contributed by atoms with Crippen molar-refractivity contribution in [2.24, 2.45) is 0 Å². The van der Waals surface area contributed by atoms with Crippen molar-refractivity contribution in [3.63, 3.8) is 0 Å². The predicted octanol–water partition coefficient (Wildman–Crippen LogP) is 1.40. The normalized spacial score (nSPS) is 10.2. The lowest BCUT2D eigenvalue weighted by Crippen LogP contribution is -2.27. The summed E-state index contributed by atoms with van der Waals surface area (Å²) in [5.41, 5.74) is 0.892. The molecule has 0 bridgehead atoms. The fourth-order valence-electron chi connectivity index (χ4n) is 1.57. The summed E-state index contributed by atoms with van der Waals surface area (Å²) >= 11 is 5.87. The quantitative estimate of drug-likeness (QED) is 0.887. The Labute approximate surface area is 114 Å². The van der Waals surface area contributed by atoms with Gasteiger partial charge in [0.1, 0.15) is 5.69 Å². The van der Waals surface area contributed by atoms with Gasteiger partial charge in [0.15, 0.2) is 0 Å². The standard InChI is InChI=1S/C13H12ClN3O2/c14-10-3-1-2-9(6-10)4-5-15-13(19)11-7-17-12(18)8-16-11/h1-3,6-8H,4-5H2,(H,15,19)(H,17,18). The molecule has 0 unspecified atom stereocenters. The van der Waals surface area contributed by atoms with E-state index in [1.54, 1.807) is 6.07 Å². The molecule has 1 heterocycles. The summed E-state index contributed by atoms with van der Waals surface area (Å²) < 4.78 is 0. The highest BCUT2D eigenvalue weighted by Gasteiger charge is 2.06. The summed E-state index contributed by atoms with van der Waals surface area (Å²) in [6, 6.07) is 7.46. The number of aromatic nitrogens is 2. The third-order valence-corrected chi connectivity index (χ3v) is 2.73. The van der Waals surface area contributed by atoms with Crippen LogP contribution in [0.1, 0.15) is 16.1 Å². The summed E-state index contributed by atoms with van der Waals surface area (Å²) in [4.78, 5) is 28.6. The molecule has 0 spiro atoms. The number of rotatable bonds is 4. The van der Waals surface area contributed by atoms with Gasteiger partial charge >= 0.3 is 0 Å². The molecule has 6 heteroatoms. The van der Waals surface area contributed by atoms with E-state index in [-0.39, 0.29) is 17.2 Å². The molecule has 0 aliphatic heterocycles. The Morgan fingerprint density at radius 3 is 2.95 bits per heavy atom. The Morgan fingerprint density at radius 1 is 1.42 bits per heavy atom. The van der Waals surface area contributed by atoms with Gasteiger partial charge in [-0.25, -0.2) is 4.98 Å². The smallest absolute Gasteiger partial charge is 0.271 e. The van der Waals surface area contributed by atoms with Gasteiger partial charge in [-0.05, 0) is 24.1 Å². The number of hydrogen-bond acceptors (Lipinski definition) is 3. The first-order valence-electron chi connectivity index (χ1n) is 5.72. The number of H-pyrrole nitrogens is 1. The number of halogens is 1. The van der Waals surface area contributed by atoms with Crippen LogP contribution in [0, 0.1) is 0 Å². The maximum atomic E-state index is 11.7. The lowest BCUT2D eigenvalue weighted by atomic mass is 10.1. The largest absolute Gasteiger partial charge is 0.350 e. The van der Waals surface area contributed by atoms with Crippen LogP contribution in [0.3, 0.4) is 0 Å². The molecule has 98 valence electrons. The zero-order valence-corrected chi connectivity index (χ0v) is 10.8. The molecule has 0 saturated heterocycles. The average molecular weight is 278 g/mol. The van der Waals surface area contributed by atoms with Crippen LogP contribution in [0.5, 0.6) is 0 Å². The van der Waals surface area contributed by atoms with Crippen molar-refractivity contribution in [2.75, 3.05) is 6.54 Å². The van der Waals surface area contributed by atoms with Gasteiger partial charge in [0.25, 0.3) is 11.5 Å². The molecule has 1 aromatic heterocycles. The summed E-state index contributed by atoms with van der Waals surface area (Å²) in [5.74, 6) is -0.321. The van der Waals surface area contributed by atoms with Gasteiger partial charge in [-0.15, -0.1) is 0 Å². The minimum Gasteiger partial charge on any atom is -0.350 e. The molecule has 0 atom stereocenters. The molecule has 0 fully saturated rings. The van der Waals surface area contributed by atoms with Crippen molar-refractivity contribution in [3.8, 4) is 0 Å². The third-order valence-electron chi connectivity index (χ3n) is 2.49. The summed E-state index contributed by atoms with van der Waals surface area (Å²) in [6.07, 6.45) is 3.04. The molecule has 2 rings (SSSR count). The molecule has 1 amide bonds.